The highest BCUT2D eigenvalue weighted by Crippen LogP contribution is 2.33. The Morgan fingerprint density at radius 1 is 1.00 bits per heavy atom. The van der Waals surface area contributed by atoms with E-state index in [1.54, 1.807) is 0 Å². The van der Waals surface area contributed by atoms with Crippen molar-refractivity contribution >= 4 is 5.69 Å². The lowest BCUT2D eigenvalue weighted by molar-refractivity contribution is 0.417. The monoisotopic (exact) mass is 241 g/mol. The van der Waals surface area contributed by atoms with Crippen molar-refractivity contribution in [1.82, 2.24) is 0 Å². The second-order valence-electron chi connectivity index (χ2n) is 4.75. The number of anilines is 1. The fourth-order valence-electron chi connectivity index (χ4n) is 2.66. The van der Waals surface area contributed by atoms with Crippen LogP contribution in [0.25, 0.3) is 0 Å². The molecule has 3 rings (SSSR count). The van der Waals surface area contributed by atoms with E-state index in [9.17, 15) is 4.39 Å². The lowest BCUT2D eigenvalue weighted by atomic mass is 10.1. The molecule has 0 aromatic heterocycles. The van der Waals surface area contributed by atoms with Crippen molar-refractivity contribution in [3.63, 3.8) is 0 Å². The minimum Gasteiger partial charge on any atom is -0.361 e. The molecule has 1 aliphatic heterocycles. The van der Waals surface area contributed by atoms with Gasteiger partial charge in [-0.3, -0.25) is 0 Å². The standard InChI is InChI=1S/C16H16FN/c17-11-15-10-14-8-4-5-9-16(14)18(15)12-13-6-2-1-3-7-13/h1-9,15H,10-12H2. The molecule has 1 heterocycles. The van der Waals surface area contributed by atoms with Crippen molar-refractivity contribution in [2.75, 3.05) is 11.6 Å². The summed E-state index contributed by atoms with van der Waals surface area (Å²) in [7, 11) is 0. The maximum Gasteiger partial charge on any atom is 0.110 e. The lowest BCUT2D eigenvalue weighted by Crippen LogP contribution is -2.33. The summed E-state index contributed by atoms with van der Waals surface area (Å²) in [6.07, 6.45) is 0.819. The molecular weight excluding hydrogens is 225 g/mol. The smallest absolute Gasteiger partial charge is 0.110 e. The molecule has 0 fully saturated rings. The second kappa shape index (κ2) is 4.81. The molecule has 0 aliphatic carbocycles. The zero-order chi connectivity index (χ0) is 12.4. The van der Waals surface area contributed by atoms with Gasteiger partial charge in [-0.05, 0) is 23.6 Å². The van der Waals surface area contributed by atoms with E-state index in [1.807, 2.05) is 30.3 Å². The Balaban J connectivity index is 1.90. The minimum atomic E-state index is -0.290. The van der Waals surface area contributed by atoms with Gasteiger partial charge in [0.05, 0.1) is 6.04 Å². The van der Waals surface area contributed by atoms with E-state index in [4.69, 9.17) is 0 Å². The first-order chi connectivity index (χ1) is 8.88. The summed E-state index contributed by atoms with van der Waals surface area (Å²) >= 11 is 0. The molecule has 1 aliphatic rings. The van der Waals surface area contributed by atoms with Crippen LogP contribution in [0.1, 0.15) is 11.1 Å². The van der Waals surface area contributed by atoms with Crippen LogP contribution in [0.4, 0.5) is 10.1 Å². The number of halogens is 1. The van der Waals surface area contributed by atoms with E-state index in [-0.39, 0.29) is 12.7 Å². The molecule has 1 nitrogen and oxygen atoms in total. The van der Waals surface area contributed by atoms with E-state index in [1.165, 1.54) is 16.8 Å². The highest BCUT2D eigenvalue weighted by atomic mass is 19.1. The maximum absolute atomic E-state index is 13.2. The summed E-state index contributed by atoms with van der Waals surface area (Å²) < 4.78 is 13.2. The number of hydrogen-bond donors (Lipinski definition) is 0. The molecule has 0 N–H and O–H groups in total. The fraction of sp³-hybridized carbons (Fsp3) is 0.250. The van der Waals surface area contributed by atoms with Crippen LogP contribution in [0.2, 0.25) is 0 Å². The molecule has 2 aromatic rings. The first-order valence-corrected chi connectivity index (χ1v) is 6.33. The summed E-state index contributed by atoms with van der Waals surface area (Å²) in [6, 6.07) is 18.5. The topological polar surface area (TPSA) is 3.24 Å². The van der Waals surface area contributed by atoms with Gasteiger partial charge in [0, 0.05) is 12.2 Å². The third-order valence-corrected chi connectivity index (χ3v) is 3.57. The van der Waals surface area contributed by atoms with Crippen LogP contribution in [0, 0.1) is 0 Å². The molecule has 0 saturated carbocycles. The van der Waals surface area contributed by atoms with Gasteiger partial charge in [0.1, 0.15) is 6.67 Å². The molecule has 18 heavy (non-hydrogen) atoms. The molecule has 0 bridgehead atoms. The quantitative estimate of drug-likeness (QED) is 0.793. The first kappa shape index (κ1) is 11.3. The van der Waals surface area contributed by atoms with E-state index in [2.05, 4.69) is 29.2 Å². The molecule has 1 atom stereocenters. The van der Waals surface area contributed by atoms with Crippen LogP contribution >= 0.6 is 0 Å². The first-order valence-electron chi connectivity index (χ1n) is 6.33. The largest absolute Gasteiger partial charge is 0.361 e. The van der Waals surface area contributed by atoms with Gasteiger partial charge < -0.3 is 4.90 Å². The SMILES string of the molecule is FCC1Cc2ccccc2N1Cc1ccccc1. The average Bonchev–Trinajstić information content (AvgIpc) is 2.78. The van der Waals surface area contributed by atoms with E-state index in [0.29, 0.717) is 0 Å². The number of para-hydroxylation sites is 1. The normalized spacial score (nSPS) is 17.8. The summed E-state index contributed by atoms with van der Waals surface area (Å²) in [5, 5.41) is 0. The van der Waals surface area contributed by atoms with Gasteiger partial charge in [-0.25, -0.2) is 4.39 Å². The molecule has 0 radical (unpaired) electrons. The average molecular weight is 241 g/mol. The van der Waals surface area contributed by atoms with Crippen LogP contribution in [0.5, 0.6) is 0 Å². The molecule has 0 saturated heterocycles. The Bertz CT molecular complexity index is 524. The van der Waals surface area contributed by atoms with Gasteiger partial charge in [-0.15, -0.1) is 0 Å². The molecule has 1 unspecified atom stereocenters. The minimum absolute atomic E-state index is 0.0115. The predicted molar refractivity (Wildman–Crippen MR) is 72.5 cm³/mol. The fourth-order valence-corrected chi connectivity index (χ4v) is 2.66. The number of nitrogens with zero attached hydrogens (tertiary/aromatic N) is 1. The van der Waals surface area contributed by atoms with Gasteiger partial charge in [0.2, 0.25) is 0 Å². The van der Waals surface area contributed by atoms with Gasteiger partial charge in [-0.2, -0.15) is 0 Å². The lowest BCUT2D eigenvalue weighted by Gasteiger charge is -2.25. The second-order valence-corrected chi connectivity index (χ2v) is 4.75. The third-order valence-electron chi connectivity index (χ3n) is 3.57. The Labute approximate surface area is 107 Å². The van der Waals surface area contributed by atoms with Crippen LogP contribution < -0.4 is 4.90 Å². The van der Waals surface area contributed by atoms with Crippen LogP contribution in [0.15, 0.2) is 54.6 Å². The summed E-state index contributed by atoms with van der Waals surface area (Å²) in [5.74, 6) is 0. The number of fused-ring (bicyclic) bond motifs is 1. The zero-order valence-corrected chi connectivity index (χ0v) is 10.2. The van der Waals surface area contributed by atoms with Gasteiger partial charge in [0.25, 0.3) is 0 Å². The molecule has 2 heteroatoms. The number of rotatable bonds is 3. The Kier molecular flexibility index (Phi) is 3.01. The van der Waals surface area contributed by atoms with Crippen LogP contribution in [0.3, 0.4) is 0 Å². The van der Waals surface area contributed by atoms with Crippen molar-refractivity contribution in [3.05, 3.63) is 65.7 Å². The summed E-state index contributed by atoms with van der Waals surface area (Å²) in [4.78, 5) is 2.19. The molecule has 0 spiro atoms. The number of benzene rings is 2. The van der Waals surface area contributed by atoms with Gasteiger partial charge in [-0.1, -0.05) is 48.5 Å². The highest BCUT2D eigenvalue weighted by molar-refractivity contribution is 5.59. The highest BCUT2D eigenvalue weighted by Gasteiger charge is 2.28. The van der Waals surface area contributed by atoms with Crippen LogP contribution in [-0.4, -0.2) is 12.7 Å². The maximum atomic E-state index is 13.2. The van der Waals surface area contributed by atoms with E-state index in [0.717, 1.165) is 13.0 Å². The third kappa shape index (κ3) is 1.99. The van der Waals surface area contributed by atoms with Crippen molar-refractivity contribution in [3.8, 4) is 0 Å². The molecular formula is C16H16FN. The Morgan fingerprint density at radius 2 is 1.72 bits per heavy atom. The summed E-state index contributed by atoms with van der Waals surface area (Å²) in [6.45, 7) is 0.494. The number of hydrogen-bond acceptors (Lipinski definition) is 1. The Hall–Kier alpha value is -1.83. The van der Waals surface area contributed by atoms with Gasteiger partial charge in [0.15, 0.2) is 0 Å². The predicted octanol–water partition coefficient (Wildman–Crippen LogP) is 3.59. The molecule has 2 aromatic carbocycles. The summed E-state index contributed by atoms with van der Waals surface area (Å²) in [5.41, 5.74) is 3.67. The van der Waals surface area contributed by atoms with Crippen molar-refractivity contribution in [2.24, 2.45) is 0 Å². The zero-order valence-electron chi connectivity index (χ0n) is 10.2. The van der Waals surface area contributed by atoms with Crippen molar-refractivity contribution in [1.29, 1.82) is 0 Å². The van der Waals surface area contributed by atoms with Crippen molar-refractivity contribution in [2.45, 2.75) is 19.0 Å². The number of alkyl halides is 1. The van der Waals surface area contributed by atoms with E-state index >= 15 is 0 Å². The van der Waals surface area contributed by atoms with Crippen LogP contribution in [-0.2, 0) is 13.0 Å². The van der Waals surface area contributed by atoms with Gasteiger partial charge >= 0.3 is 0 Å². The molecule has 0 amide bonds. The van der Waals surface area contributed by atoms with E-state index < -0.39 is 0 Å². The molecule has 92 valence electrons. The Morgan fingerprint density at radius 3 is 2.50 bits per heavy atom. The van der Waals surface area contributed by atoms with Crippen molar-refractivity contribution < 1.29 is 4.39 Å².